The van der Waals surface area contributed by atoms with Crippen molar-refractivity contribution in [2.75, 3.05) is 26.2 Å². The van der Waals surface area contributed by atoms with Gasteiger partial charge in [0.05, 0.1) is 12.2 Å². The van der Waals surface area contributed by atoms with Gasteiger partial charge in [0.1, 0.15) is 23.8 Å². The molecule has 0 saturated carbocycles. The first kappa shape index (κ1) is 14.8. The topological polar surface area (TPSA) is 70.6 Å². The van der Waals surface area contributed by atoms with Gasteiger partial charge in [0, 0.05) is 19.6 Å². The number of benzene rings is 1. The molecule has 0 spiro atoms. The monoisotopic (exact) mass is 286 g/mol. The van der Waals surface area contributed by atoms with E-state index in [4.69, 9.17) is 4.74 Å². The SMILES string of the molecule is O=C(NCC(O)c1c(F)cccc1F)C1CNCCO1. The van der Waals surface area contributed by atoms with Crippen molar-refractivity contribution in [1.82, 2.24) is 10.6 Å². The summed E-state index contributed by atoms with van der Waals surface area (Å²) in [5, 5.41) is 15.2. The van der Waals surface area contributed by atoms with Gasteiger partial charge >= 0.3 is 0 Å². The lowest BCUT2D eigenvalue weighted by molar-refractivity contribution is -0.134. The molecule has 1 fully saturated rings. The number of amides is 1. The van der Waals surface area contributed by atoms with Gasteiger partial charge in [0.25, 0.3) is 5.91 Å². The quantitative estimate of drug-likeness (QED) is 0.734. The fourth-order valence-electron chi connectivity index (χ4n) is 1.98. The van der Waals surface area contributed by atoms with E-state index >= 15 is 0 Å². The fraction of sp³-hybridized carbons (Fsp3) is 0.462. The summed E-state index contributed by atoms with van der Waals surface area (Å²) in [5.41, 5.74) is -0.449. The van der Waals surface area contributed by atoms with E-state index in [-0.39, 0.29) is 6.54 Å². The Labute approximate surface area is 114 Å². The summed E-state index contributed by atoms with van der Waals surface area (Å²) in [6, 6.07) is 3.32. The van der Waals surface area contributed by atoms with Gasteiger partial charge in [-0.15, -0.1) is 0 Å². The summed E-state index contributed by atoms with van der Waals surface area (Å²) >= 11 is 0. The number of halogens is 2. The third-order valence-electron chi connectivity index (χ3n) is 3.02. The number of morpholine rings is 1. The predicted octanol–water partition coefficient (Wildman–Crippen LogP) is 0.103. The predicted molar refractivity (Wildman–Crippen MR) is 66.9 cm³/mol. The summed E-state index contributed by atoms with van der Waals surface area (Å²) in [6.45, 7) is 1.18. The van der Waals surface area contributed by atoms with Crippen LogP contribution in [0.15, 0.2) is 18.2 Å². The molecule has 20 heavy (non-hydrogen) atoms. The van der Waals surface area contributed by atoms with Gasteiger partial charge in [-0.25, -0.2) is 8.78 Å². The summed E-state index contributed by atoms with van der Waals surface area (Å²) in [7, 11) is 0. The molecule has 1 aromatic rings. The Balaban J connectivity index is 1.91. The molecule has 0 radical (unpaired) electrons. The Morgan fingerprint density at radius 3 is 2.80 bits per heavy atom. The summed E-state index contributed by atoms with van der Waals surface area (Å²) < 4.78 is 32.1. The van der Waals surface area contributed by atoms with Gasteiger partial charge in [0.2, 0.25) is 0 Å². The molecule has 1 heterocycles. The fourth-order valence-corrected chi connectivity index (χ4v) is 1.98. The molecule has 0 aliphatic carbocycles. The zero-order chi connectivity index (χ0) is 14.5. The lowest BCUT2D eigenvalue weighted by atomic mass is 10.1. The molecule has 1 amide bonds. The van der Waals surface area contributed by atoms with Crippen molar-refractivity contribution in [2.45, 2.75) is 12.2 Å². The second kappa shape index (κ2) is 6.74. The number of carbonyl (C=O) groups is 1. The molecule has 1 aromatic carbocycles. The largest absolute Gasteiger partial charge is 0.386 e. The van der Waals surface area contributed by atoms with Crippen LogP contribution >= 0.6 is 0 Å². The van der Waals surface area contributed by atoms with Crippen LogP contribution in [0.3, 0.4) is 0 Å². The molecule has 0 bridgehead atoms. The van der Waals surface area contributed by atoms with E-state index in [0.717, 1.165) is 12.1 Å². The van der Waals surface area contributed by atoms with E-state index in [2.05, 4.69) is 10.6 Å². The Bertz CT molecular complexity index is 458. The van der Waals surface area contributed by atoms with Crippen LogP contribution in [0.25, 0.3) is 0 Å². The molecule has 110 valence electrons. The third-order valence-corrected chi connectivity index (χ3v) is 3.02. The maximum Gasteiger partial charge on any atom is 0.250 e. The molecular formula is C13H16F2N2O3. The van der Waals surface area contributed by atoms with E-state index in [1.807, 2.05) is 0 Å². The molecule has 5 nitrogen and oxygen atoms in total. The van der Waals surface area contributed by atoms with Gasteiger partial charge in [-0.1, -0.05) is 6.07 Å². The van der Waals surface area contributed by atoms with Crippen molar-refractivity contribution in [2.24, 2.45) is 0 Å². The highest BCUT2D eigenvalue weighted by Crippen LogP contribution is 2.19. The van der Waals surface area contributed by atoms with E-state index in [1.54, 1.807) is 0 Å². The van der Waals surface area contributed by atoms with Crippen molar-refractivity contribution in [1.29, 1.82) is 0 Å². The zero-order valence-corrected chi connectivity index (χ0v) is 10.7. The number of ether oxygens (including phenoxy) is 1. The summed E-state index contributed by atoms with van der Waals surface area (Å²) in [5.74, 6) is -2.11. The molecule has 2 rings (SSSR count). The maximum absolute atomic E-state index is 13.4. The number of hydrogen-bond donors (Lipinski definition) is 3. The van der Waals surface area contributed by atoms with Gasteiger partial charge in [0.15, 0.2) is 0 Å². The first-order chi connectivity index (χ1) is 9.59. The Hall–Kier alpha value is -1.57. The molecule has 2 unspecified atom stereocenters. The number of rotatable bonds is 4. The molecule has 1 aliphatic rings. The van der Waals surface area contributed by atoms with Crippen LogP contribution in [-0.2, 0) is 9.53 Å². The average Bonchev–Trinajstić information content (AvgIpc) is 2.45. The highest BCUT2D eigenvalue weighted by atomic mass is 19.1. The zero-order valence-electron chi connectivity index (χ0n) is 10.7. The second-order valence-corrected chi connectivity index (χ2v) is 4.46. The van der Waals surface area contributed by atoms with Crippen LogP contribution in [0.5, 0.6) is 0 Å². The standard InChI is InChI=1S/C13H16F2N2O3/c14-8-2-1-3-9(15)12(8)10(18)6-17-13(19)11-7-16-4-5-20-11/h1-3,10-11,16,18H,4-7H2,(H,17,19). The van der Waals surface area contributed by atoms with Crippen molar-refractivity contribution in [3.63, 3.8) is 0 Å². The van der Waals surface area contributed by atoms with Gasteiger partial charge < -0.3 is 20.5 Å². The van der Waals surface area contributed by atoms with Crippen LogP contribution in [0, 0.1) is 11.6 Å². The van der Waals surface area contributed by atoms with Gasteiger partial charge in [-0.2, -0.15) is 0 Å². The van der Waals surface area contributed by atoms with Crippen molar-refractivity contribution < 1.29 is 23.4 Å². The summed E-state index contributed by atoms with van der Waals surface area (Å²) in [4.78, 5) is 11.7. The normalized spacial score (nSPS) is 20.4. The Morgan fingerprint density at radius 2 is 2.20 bits per heavy atom. The van der Waals surface area contributed by atoms with E-state index in [9.17, 15) is 18.7 Å². The minimum absolute atomic E-state index is 0.281. The van der Waals surface area contributed by atoms with Crippen molar-refractivity contribution in [3.05, 3.63) is 35.4 Å². The molecule has 1 aliphatic heterocycles. The minimum Gasteiger partial charge on any atom is -0.386 e. The van der Waals surface area contributed by atoms with E-state index in [0.29, 0.717) is 19.7 Å². The first-order valence-electron chi connectivity index (χ1n) is 6.31. The van der Waals surface area contributed by atoms with Gasteiger partial charge in [-0.3, -0.25) is 4.79 Å². The van der Waals surface area contributed by atoms with Crippen LogP contribution in [0.2, 0.25) is 0 Å². The van der Waals surface area contributed by atoms with Gasteiger partial charge in [-0.05, 0) is 12.1 Å². The maximum atomic E-state index is 13.4. The van der Waals surface area contributed by atoms with E-state index in [1.165, 1.54) is 6.07 Å². The Morgan fingerprint density at radius 1 is 1.50 bits per heavy atom. The third kappa shape index (κ3) is 3.50. The van der Waals surface area contributed by atoms with Crippen LogP contribution in [0.4, 0.5) is 8.78 Å². The number of aliphatic hydroxyl groups is 1. The first-order valence-corrected chi connectivity index (χ1v) is 6.31. The average molecular weight is 286 g/mol. The second-order valence-electron chi connectivity index (χ2n) is 4.46. The lowest BCUT2D eigenvalue weighted by Gasteiger charge is -2.23. The van der Waals surface area contributed by atoms with Crippen LogP contribution < -0.4 is 10.6 Å². The molecule has 0 aromatic heterocycles. The molecule has 7 heteroatoms. The number of nitrogens with one attached hydrogen (secondary N) is 2. The summed E-state index contributed by atoms with van der Waals surface area (Å²) in [6.07, 6.45) is -2.10. The Kier molecular flexibility index (Phi) is 4.99. The molecular weight excluding hydrogens is 270 g/mol. The highest BCUT2D eigenvalue weighted by Gasteiger charge is 2.23. The number of hydrogen-bond acceptors (Lipinski definition) is 4. The number of carbonyl (C=O) groups excluding carboxylic acids is 1. The van der Waals surface area contributed by atoms with Crippen molar-refractivity contribution >= 4 is 5.91 Å². The highest BCUT2D eigenvalue weighted by molar-refractivity contribution is 5.81. The minimum atomic E-state index is -1.45. The van der Waals surface area contributed by atoms with E-state index < -0.39 is 35.3 Å². The molecule has 3 N–H and O–H groups in total. The smallest absolute Gasteiger partial charge is 0.250 e. The van der Waals surface area contributed by atoms with Crippen molar-refractivity contribution in [3.8, 4) is 0 Å². The van der Waals surface area contributed by atoms with Crippen LogP contribution in [0.1, 0.15) is 11.7 Å². The molecule has 2 atom stereocenters. The number of aliphatic hydroxyl groups excluding tert-OH is 1. The van der Waals surface area contributed by atoms with Crippen LogP contribution in [-0.4, -0.2) is 43.4 Å². The lowest BCUT2D eigenvalue weighted by Crippen LogP contribution is -2.48. The molecule has 1 saturated heterocycles.